The molecule has 1 unspecified atom stereocenters. The van der Waals surface area contributed by atoms with Crippen LogP contribution in [0.15, 0.2) is 48.1 Å². The lowest BCUT2D eigenvalue weighted by Gasteiger charge is -2.71. The zero-order valence-corrected chi connectivity index (χ0v) is 27.9. The van der Waals surface area contributed by atoms with E-state index in [0.717, 1.165) is 24.8 Å². The third kappa shape index (κ3) is 4.81. The Hall–Kier alpha value is -2.05. The molecule has 6 aliphatic rings. The summed E-state index contributed by atoms with van der Waals surface area (Å²) in [5, 5.41) is 23.4. The number of aliphatic hydroxyl groups excluding tert-OH is 1. The maximum absolute atomic E-state index is 14.6. The zero-order chi connectivity index (χ0) is 33.6. The van der Waals surface area contributed by atoms with Gasteiger partial charge in [0.05, 0.1) is 23.5 Å². The number of aliphatic hydroxyl groups is 2. The molecule has 1 aromatic carbocycles. The lowest BCUT2D eigenvalue weighted by molar-refractivity contribution is -0.173. The van der Waals surface area contributed by atoms with Gasteiger partial charge in [0, 0.05) is 54.2 Å². The van der Waals surface area contributed by atoms with Crippen molar-refractivity contribution >= 4 is 15.8 Å². The summed E-state index contributed by atoms with van der Waals surface area (Å²) in [6.07, 6.45) is 6.56. The summed E-state index contributed by atoms with van der Waals surface area (Å²) in [5.74, 6) is -0.761. The molecule has 46 heavy (non-hydrogen) atoms. The Balaban J connectivity index is 1.47. The van der Waals surface area contributed by atoms with E-state index in [-0.39, 0.29) is 35.9 Å². The van der Waals surface area contributed by atoms with Crippen LogP contribution in [0.2, 0.25) is 0 Å². The molecule has 1 aromatic rings. The van der Waals surface area contributed by atoms with Gasteiger partial charge in [-0.2, -0.15) is 17.5 Å². The van der Waals surface area contributed by atoms with Crippen molar-refractivity contribution in [2.24, 2.45) is 33.5 Å². The van der Waals surface area contributed by atoms with Crippen LogP contribution in [-0.4, -0.2) is 73.5 Å². The number of fused-ring (bicyclic) bond motifs is 1. The van der Waals surface area contributed by atoms with Gasteiger partial charge in [-0.3, -0.25) is 4.79 Å². The van der Waals surface area contributed by atoms with Gasteiger partial charge in [0.1, 0.15) is 0 Å². The number of benzene rings is 1. The van der Waals surface area contributed by atoms with Crippen molar-refractivity contribution in [1.82, 2.24) is 4.31 Å². The van der Waals surface area contributed by atoms with Crippen LogP contribution in [0.4, 0.5) is 13.2 Å². The fourth-order valence-electron chi connectivity index (χ4n) is 10.6. The van der Waals surface area contributed by atoms with Crippen LogP contribution in [0.5, 0.6) is 0 Å². The molecule has 7 nitrogen and oxygen atoms in total. The predicted molar refractivity (Wildman–Crippen MR) is 167 cm³/mol. The Bertz CT molecular complexity index is 1580. The fourth-order valence-corrected chi connectivity index (χ4v) is 11.5. The standard InChI is InChI=1S/C35H46F3NO6S/c1-30-12-9-25(40)20-32(30)15-16-34(26(21-32)29(41)23-7-5-8-24(19-23)35(36,37)38)27(30)10-13-31(2)28(34)11-14-33(31,42)22-39(46(4,43)44)17-6-18-45-3/h5,7-8,15-16,19,21,25,27-28,40,42H,6,9-14,17-18,20,22H2,1-4H3/t25?,27-,28-,30-,31+,32+,33-,34-/m1/s1. The van der Waals surface area contributed by atoms with Gasteiger partial charge in [-0.25, -0.2) is 8.42 Å². The van der Waals surface area contributed by atoms with Crippen molar-refractivity contribution < 1.29 is 41.3 Å². The number of hydrogen-bond acceptors (Lipinski definition) is 6. The molecule has 0 radical (unpaired) electrons. The van der Waals surface area contributed by atoms with Crippen molar-refractivity contribution in [2.45, 2.75) is 83.1 Å². The smallest absolute Gasteiger partial charge is 0.393 e. The number of methoxy groups -OCH3 is 1. The zero-order valence-electron chi connectivity index (χ0n) is 27.1. The van der Waals surface area contributed by atoms with Gasteiger partial charge in [0.25, 0.3) is 0 Å². The fraction of sp³-hybridized carbons (Fsp3) is 0.686. The van der Waals surface area contributed by atoms with E-state index < -0.39 is 55.5 Å². The van der Waals surface area contributed by atoms with Crippen molar-refractivity contribution in [3.63, 3.8) is 0 Å². The highest BCUT2D eigenvalue weighted by Crippen LogP contribution is 2.78. The SMILES string of the molecule is COCCCN(C[C@]1(O)CC[C@H]2[C@]34C=C[C@@]5(C=C3C(=O)c3cccc(C(F)(F)F)c3)CC(O)CC[C@]5(C)[C@H]4CC[C@@]21C)S(C)(=O)=O. The molecule has 0 aliphatic heterocycles. The molecule has 2 spiro atoms. The second-order valence-electron chi connectivity index (χ2n) is 15.2. The molecular formula is C35H46F3NO6S. The minimum atomic E-state index is -4.61. The van der Waals surface area contributed by atoms with E-state index >= 15 is 0 Å². The molecule has 2 N–H and O–H groups in total. The van der Waals surface area contributed by atoms with E-state index in [4.69, 9.17) is 4.74 Å². The summed E-state index contributed by atoms with van der Waals surface area (Å²) in [4.78, 5) is 14.6. The maximum atomic E-state index is 14.6. The molecular weight excluding hydrogens is 619 g/mol. The Morgan fingerprint density at radius 2 is 1.74 bits per heavy atom. The number of hydrogen-bond donors (Lipinski definition) is 2. The number of Topliss-reactive ketones (excluding diaryl/α,β-unsaturated/α-hetero) is 1. The first kappa shape index (κ1) is 33.8. The van der Waals surface area contributed by atoms with E-state index in [2.05, 4.69) is 19.1 Å². The number of allylic oxidation sites excluding steroid dienone is 4. The minimum absolute atomic E-state index is 0.0356. The number of carbonyl (C=O) groups is 1. The van der Waals surface area contributed by atoms with Crippen molar-refractivity contribution in [3.8, 4) is 0 Å². The average Bonchev–Trinajstić information content (AvgIpc) is 3.25. The van der Waals surface area contributed by atoms with Gasteiger partial charge in [-0.15, -0.1) is 0 Å². The van der Waals surface area contributed by atoms with E-state index in [9.17, 15) is 36.6 Å². The third-order valence-corrected chi connectivity index (χ3v) is 14.3. The summed E-state index contributed by atoms with van der Waals surface area (Å²) in [7, 11) is -2.11. The molecule has 0 heterocycles. The maximum Gasteiger partial charge on any atom is 0.416 e. The van der Waals surface area contributed by atoms with E-state index in [1.165, 1.54) is 16.4 Å². The molecule has 0 aromatic heterocycles. The lowest BCUT2D eigenvalue weighted by Crippen LogP contribution is -2.67. The molecule has 0 saturated heterocycles. The topological polar surface area (TPSA) is 104 Å². The molecule has 254 valence electrons. The van der Waals surface area contributed by atoms with Gasteiger partial charge in [0.15, 0.2) is 5.78 Å². The number of carbonyl (C=O) groups excluding carboxylic acids is 1. The van der Waals surface area contributed by atoms with Crippen LogP contribution in [0.1, 0.15) is 81.1 Å². The molecule has 6 aliphatic carbocycles. The molecule has 11 heteroatoms. The number of alkyl halides is 3. The van der Waals surface area contributed by atoms with E-state index in [1.54, 1.807) is 7.11 Å². The number of rotatable bonds is 9. The number of halogens is 3. The van der Waals surface area contributed by atoms with Crippen LogP contribution in [-0.2, 0) is 20.9 Å². The number of nitrogens with zero attached hydrogens (tertiary/aromatic N) is 1. The number of ether oxygens (including phenoxy) is 1. The largest absolute Gasteiger partial charge is 0.416 e. The molecule has 3 saturated carbocycles. The van der Waals surface area contributed by atoms with Gasteiger partial charge < -0.3 is 14.9 Å². The second-order valence-corrected chi connectivity index (χ2v) is 17.1. The average molecular weight is 666 g/mol. The van der Waals surface area contributed by atoms with Gasteiger partial charge >= 0.3 is 6.18 Å². The Morgan fingerprint density at radius 1 is 1.07 bits per heavy atom. The molecule has 3 fully saturated rings. The second kappa shape index (κ2) is 11.0. The Morgan fingerprint density at radius 3 is 2.41 bits per heavy atom. The number of sulfonamides is 1. The highest BCUT2D eigenvalue weighted by Gasteiger charge is 2.74. The van der Waals surface area contributed by atoms with Crippen molar-refractivity contribution in [2.75, 3.05) is 33.1 Å². The van der Waals surface area contributed by atoms with Crippen LogP contribution in [0, 0.1) is 33.5 Å². The first-order chi connectivity index (χ1) is 21.4. The Labute approximate surface area is 269 Å². The summed E-state index contributed by atoms with van der Waals surface area (Å²) >= 11 is 0. The van der Waals surface area contributed by atoms with Crippen molar-refractivity contribution in [3.05, 3.63) is 59.2 Å². The van der Waals surface area contributed by atoms with Crippen LogP contribution < -0.4 is 0 Å². The van der Waals surface area contributed by atoms with Crippen LogP contribution in [0.3, 0.4) is 0 Å². The summed E-state index contributed by atoms with van der Waals surface area (Å²) in [5.41, 5.74) is -4.45. The van der Waals surface area contributed by atoms with Gasteiger partial charge in [-0.1, -0.05) is 44.2 Å². The van der Waals surface area contributed by atoms with Gasteiger partial charge in [0.2, 0.25) is 10.0 Å². The first-order valence-corrected chi connectivity index (χ1v) is 18.2. The summed E-state index contributed by atoms with van der Waals surface area (Å²) < 4.78 is 73.6. The van der Waals surface area contributed by atoms with E-state index in [0.29, 0.717) is 57.1 Å². The number of ketones is 1. The van der Waals surface area contributed by atoms with Crippen LogP contribution in [0.25, 0.3) is 0 Å². The highest BCUT2D eigenvalue weighted by atomic mass is 32.2. The molecule has 8 atom stereocenters. The monoisotopic (exact) mass is 665 g/mol. The quantitative estimate of drug-likeness (QED) is 0.197. The summed E-state index contributed by atoms with van der Waals surface area (Å²) in [6, 6.07) is 4.57. The molecule has 0 amide bonds. The normalized spacial score (nSPS) is 40.0. The highest BCUT2D eigenvalue weighted by molar-refractivity contribution is 7.88. The van der Waals surface area contributed by atoms with E-state index in [1.807, 2.05) is 13.0 Å². The minimum Gasteiger partial charge on any atom is -0.393 e. The first-order valence-electron chi connectivity index (χ1n) is 16.4. The molecule has 7 rings (SSSR count). The molecule has 2 bridgehead atoms. The van der Waals surface area contributed by atoms with Crippen molar-refractivity contribution in [1.29, 1.82) is 0 Å². The van der Waals surface area contributed by atoms with Crippen LogP contribution >= 0.6 is 0 Å². The Kier molecular flexibility index (Phi) is 8.08. The van der Waals surface area contributed by atoms with Gasteiger partial charge in [-0.05, 0) is 80.8 Å². The summed E-state index contributed by atoms with van der Waals surface area (Å²) in [6.45, 7) is 4.73. The predicted octanol–water partition coefficient (Wildman–Crippen LogP) is 5.78. The lowest BCUT2D eigenvalue weighted by atomic mass is 9.32. The third-order valence-electron chi connectivity index (χ3n) is 13.1.